The van der Waals surface area contributed by atoms with Crippen molar-refractivity contribution in [2.45, 2.75) is 43.2 Å². The average Bonchev–Trinajstić information content (AvgIpc) is 2.92. The minimum atomic E-state index is -3.38. The van der Waals surface area contributed by atoms with E-state index < -0.39 is 10.0 Å². The Morgan fingerprint density at radius 2 is 2.18 bits per heavy atom. The quantitative estimate of drug-likeness (QED) is 0.801. The van der Waals surface area contributed by atoms with Gasteiger partial charge in [-0.25, -0.2) is 13.1 Å². The van der Waals surface area contributed by atoms with Gasteiger partial charge in [0.1, 0.15) is 0 Å². The molecule has 1 heterocycles. The molecular weight excluding hydrogens is 298 g/mol. The molecule has 1 aromatic rings. The van der Waals surface area contributed by atoms with Gasteiger partial charge < -0.3 is 10.2 Å². The monoisotopic (exact) mass is 325 g/mol. The lowest BCUT2D eigenvalue weighted by atomic mass is 10.1. The van der Waals surface area contributed by atoms with Crippen LogP contribution in [0.1, 0.15) is 37.8 Å². The summed E-state index contributed by atoms with van der Waals surface area (Å²) in [6.07, 6.45) is 3.71. The third kappa shape index (κ3) is 4.29. The van der Waals surface area contributed by atoms with E-state index in [1.807, 2.05) is 6.07 Å². The Hall–Kier alpha value is -0.950. The zero-order valence-electron chi connectivity index (χ0n) is 13.7. The number of rotatable bonds is 7. The molecule has 0 aromatic heterocycles. The average molecular weight is 325 g/mol. The second-order valence-electron chi connectivity index (χ2n) is 6.02. The van der Waals surface area contributed by atoms with Crippen molar-refractivity contribution in [2.75, 3.05) is 27.2 Å². The van der Waals surface area contributed by atoms with Crippen LogP contribution < -0.4 is 10.0 Å². The van der Waals surface area contributed by atoms with Crippen LogP contribution >= 0.6 is 0 Å². The second kappa shape index (κ2) is 7.55. The predicted octanol–water partition coefficient (Wildman–Crippen LogP) is 1.73. The van der Waals surface area contributed by atoms with Crippen LogP contribution in [-0.4, -0.2) is 46.5 Å². The Bertz CT molecular complexity index is 589. The molecule has 0 saturated carbocycles. The number of likely N-dealkylation sites (tertiary alicyclic amines) is 1. The first kappa shape index (κ1) is 17.4. The van der Waals surface area contributed by atoms with Gasteiger partial charge in [-0.1, -0.05) is 12.1 Å². The third-order valence-electron chi connectivity index (χ3n) is 4.54. The lowest BCUT2D eigenvalue weighted by Gasteiger charge is -2.21. The second-order valence-corrected chi connectivity index (χ2v) is 7.91. The summed E-state index contributed by atoms with van der Waals surface area (Å²) < 4.78 is 26.1. The molecule has 1 aliphatic rings. The molecule has 2 N–H and O–H groups in total. The van der Waals surface area contributed by atoms with Crippen molar-refractivity contribution in [3.8, 4) is 0 Å². The highest BCUT2D eigenvalue weighted by Crippen LogP contribution is 2.19. The summed E-state index contributed by atoms with van der Waals surface area (Å²) in [4.78, 5) is 2.74. The van der Waals surface area contributed by atoms with E-state index in [0.717, 1.165) is 18.5 Å². The van der Waals surface area contributed by atoms with Crippen LogP contribution in [0.4, 0.5) is 0 Å². The van der Waals surface area contributed by atoms with Crippen molar-refractivity contribution in [1.82, 2.24) is 14.9 Å². The molecule has 2 rings (SSSR count). The van der Waals surface area contributed by atoms with Gasteiger partial charge in [-0.2, -0.15) is 0 Å². The van der Waals surface area contributed by atoms with Gasteiger partial charge in [0.25, 0.3) is 0 Å². The summed E-state index contributed by atoms with van der Waals surface area (Å²) in [7, 11) is 0.240. The zero-order chi connectivity index (χ0) is 16.2. The Morgan fingerprint density at radius 3 is 2.82 bits per heavy atom. The van der Waals surface area contributed by atoms with E-state index in [1.54, 1.807) is 18.2 Å². The summed E-state index contributed by atoms with van der Waals surface area (Å²) in [5.74, 6) is 0. The van der Waals surface area contributed by atoms with Gasteiger partial charge in [0, 0.05) is 12.1 Å². The first-order valence-corrected chi connectivity index (χ1v) is 9.39. The fourth-order valence-electron chi connectivity index (χ4n) is 3.00. The number of hydrogen-bond acceptors (Lipinski definition) is 4. The minimum absolute atomic E-state index is 0.138. The van der Waals surface area contributed by atoms with Crippen LogP contribution in [0.2, 0.25) is 0 Å². The van der Waals surface area contributed by atoms with Gasteiger partial charge in [-0.3, -0.25) is 0 Å². The molecule has 2 atom stereocenters. The number of hydrogen-bond donors (Lipinski definition) is 2. The SMILES string of the molecule is CNS(=O)(=O)c1cccc([C@H](C)NCC[C@H]2CCCN2C)c1. The van der Waals surface area contributed by atoms with E-state index in [9.17, 15) is 8.42 Å². The summed E-state index contributed by atoms with van der Waals surface area (Å²) in [5, 5.41) is 3.50. The van der Waals surface area contributed by atoms with E-state index in [0.29, 0.717) is 10.9 Å². The van der Waals surface area contributed by atoms with Crippen molar-refractivity contribution in [2.24, 2.45) is 0 Å². The Balaban J connectivity index is 1.92. The van der Waals surface area contributed by atoms with Crippen LogP contribution in [0.3, 0.4) is 0 Å². The van der Waals surface area contributed by atoms with Gasteiger partial charge in [0.2, 0.25) is 10.0 Å². The molecular formula is C16H27N3O2S. The maximum absolute atomic E-state index is 11.9. The number of nitrogens with zero attached hydrogens (tertiary/aromatic N) is 1. The summed E-state index contributed by atoms with van der Waals surface area (Å²) >= 11 is 0. The smallest absolute Gasteiger partial charge is 0.240 e. The van der Waals surface area contributed by atoms with Crippen molar-refractivity contribution < 1.29 is 8.42 Å². The summed E-state index contributed by atoms with van der Waals surface area (Å²) in [6.45, 7) is 4.22. The highest BCUT2D eigenvalue weighted by molar-refractivity contribution is 7.89. The number of sulfonamides is 1. The molecule has 0 radical (unpaired) electrons. The maximum Gasteiger partial charge on any atom is 0.240 e. The molecule has 1 fully saturated rings. The van der Waals surface area contributed by atoms with Gasteiger partial charge in [-0.15, -0.1) is 0 Å². The molecule has 22 heavy (non-hydrogen) atoms. The number of benzene rings is 1. The third-order valence-corrected chi connectivity index (χ3v) is 5.95. The molecule has 6 heteroatoms. The van der Waals surface area contributed by atoms with Gasteiger partial charge in [0.05, 0.1) is 4.90 Å². The van der Waals surface area contributed by atoms with Gasteiger partial charge in [0.15, 0.2) is 0 Å². The molecule has 5 nitrogen and oxygen atoms in total. The molecule has 1 aromatic carbocycles. The lowest BCUT2D eigenvalue weighted by molar-refractivity contribution is 0.291. The van der Waals surface area contributed by atoms with Gasteiger partial charge in [-0.05, 0) is 71.1 Å². The van der Waals surface area contributed by atoms with Crippen molar-refractivity contribution >= 4 is 10.0 Å². The topological polar surface area (TPSA) is 61.4 Å². The van der Waals surface area contributed by atoms with E-state index in [1.165, 1.54) is 26.4 Å². The number of nitrogens with one attached hydrogen (secondary N) is 2. The highest BCUT2D eigenvalue weighted by Gasteiger charge is 2.20. The minimum Gasteiger partial charge on any atom is -0.310 e. The molecule has 0 aliphatic carbocycles. The molecule has 124 valence electrons. The van der Waals surface area contributed by atoms with Crippen molar-refractivity contribution in [1.29, 1.82) is 0 Å². The molecule has 0 amide bonds. The van der Waals surface area contributed by atoms with E-state index in [4.69, 9.17) is 0 Å². The first-order valence-electron chi connectivity index (χ1n) is 7.91. The largest absolute Gasteiger partial charge is 0.310 e. The molecule has 0 unspecified atom stereocenters. The van der Waals surface area contributed by atoms with E-state index in [2.05, 4.69) is 28.9 Å². The molecule has 1 saturated heterocycles. The Morgan fingerprint density at radius 1 is 1.41 bits per heavy atom. The van der Waals surface area contributed by atoms with Gasteiger partial charge >= 0.3 is 0 Å². The van der Waals surface area contributed by atoms with E-state index >= 15 is 0 Å². The lowest BCUT2D eigenvalue weighted by Crippen LogP contribution is -2.30. The van der Waals surface area contributed by atoms with E-state index in [-0.39, 0.29) is 6.04 Å². The predicted molar refractivity (Wildman–Crippen MR) is 89.4 cm³/mol. The molecule has 1 aliphatic heterocycles. The summed E-state index contributed by atoms with van der Waals surface area (Å²) in [6, 6.07) is 7.94. The molecule has 0 spiro atoms. The highest BCUT2D eigenvalue weighted by atomic mass is 32.2. The van der Waals surface area contributed by atoms with Crippen LogP contribution in [0.5, 0.6) is 0 Å². The fraction of sp³-hybridized carbons (Fsp3) is 0.625. The normalized spacial score (nSPS) is 21.1. The van der Waals surface area contributed by atoms with Crippen LogP contribution in [0.15, 0.2) is 29.2 Å². The van der Waals surface area contributed by atoms with Crippen LogP contribution in [0, 0.1) is 0 Å². The Labute approximate surface area is 134 Å². The van der Waals surface area contributed by atoms with Crippen LogP contribution in [-0.2, 0) is 10.0 Å². The molecule has 0 bridgehead atoms. The zero-order valence-corrected chi connectivity index (χ0v) is 14.5. The standard InChI is InChI=1S/C16H27N3O2S/c1-13(18-10-9-15-7-5-11-19(15)3)14-6-4-8-16(12-14)22(20,21)17-2/h4,6,8,12-13,15,17-18H,5,7,9-11H2,1-3H3/t13-,15+/m0/s1. The van der Waals surface area contributed by atoms with Crippen LogP contribution in [0.25, 0.3) is 0 Å². The maximum atomic E-state index is 11.9. The van der Waals surface area contributed by atoms with Crippen molar-refractivity contribution in [3.63, 3.8) is 0 Å². The summed E-state index contributed by atoms with van der Waals surface area (Å²) in [5.41, 5.74) is 0.996. The first-order chi connectivity index (χ1) is 10.4. The fourth-order valence-corrected chi connectivity index (χ4v) is 3.78. The Kier molecular flexibility index (Phi) is 5.97. The van der Waals surface area contributed by atoms with Crippen molar-refractivity contribution in [3.05, 3.63) is 29.8 Å².